The van der Waals surface area contributed by atoms with Crippen molar-refractivity contribution in [3.63, 3.8) is 0 Å². The van der Waals surface area contributed by atoms with Gasteiger partial charge in [0.25, 0.3) is 5.91 Å². The molecule has 0 saturated carbocycles. The molecule has 0 bridgehead atoms. The van der Waals surface area contributed by atoms with Crippen molar-refractivity contribution in [2.75, 3.05) is 26.7 Å². The lowest BCUT2D eigenvalue weighted by atomic mass is 9.90. The molecule has 6 heteroatoms. The van der Waals surface area contributed by atoms with Crippen LogP contribution in [0.2, 0.25) is 0 Å². The van der Waals surface area contributed by atoms with Crippen LogP contribution in [0.25, 0.3) is 11.1 Å². The van der Waals surface area contributed by atoms with Crippen LogP contribution in [0.3, 0.4) is 0 Å². The number of aromatic nitrogens is 2. The van der Waals surface area contributed by atoms with Crippen LogP contribution in [0, 0.1) is 0 Å². The fraction of sp³-hybridized carbons (Fsp3) is 0.292. The van der Waals surface area contributed by atoms with E-state index in [4.69, 9.17) is 4.74 Å². The van der Waals surface area contributed by atoms with Crippen LogP contribution >= 0.6 is 0 Å². The van der Waals surface area contributed by atoms with Gasteiger partial charge in [0.2, 0.25) is 0 Å². The number of nitrogens with zero attached hydrogens (tertiary/aromatic N) is 3. The Labute approximate surface area is 176 Å². The molecule has 1 amide bonds. The number of amides is 1. The van der Waals surface area contributed by atoms with E-state index in [2.05, 4.69) is 44.5 Å². The maximum absolute atomic E-state index is 12.9. The monoisotopic (exact) mass is 402 g/mol. The summed E-state index contributed by atoms with van der Waals surface area (Å²) in [6.45, 7) is 2.62. The first-order chi connectivity index (χ1) is 14.7. The van der Waals surface area contributed by atoms with Gasteiger partial charge in [0.05, 0.1) is 6.61 Å². The quantitative estimate of drug-likeness (QED) is 0.687. The third-order valence-corrected chi connectivity index (χ3v) is 5.50. The molecule has 0 unspecified atom stereocenters. The fourth-order valence-electron chi connectivity index (χ4n) is 3.97. The van der Waals surface area contributed by atoms with Gasteiger partial charge >= 0.3 is 0 Å². The van der Waals surface area contributed by atoms with E-state index in [9.17, 15) is 4.79 Å². The Balaban J connectivity index is 1.52. The Bertz CT molecular complexity index is 964. The summed E-state index contributed by atoms with van der Waals surface area (Å²) in [4.78, 5) is 23.4. The van der Waals surface area contributed by atoms with Gasteiger partial charge < -0.3 is 10.1 Å². The Morgan fingerprint density at radius 1 is 1.03 bits per heavy atom. The lowest BCUT2D eigenvalue weighted by molar-refractivity contribution is -0.160. The third-order valence-electron chi connectivity index (χ3n) is 5.50. The highest BCUT2D eigenvalue weighted by Gasteiger charge is 2.43. The lowest BCUT2D eigenvalue weighted by Crippen LogP contribution is -2.60. The van der Waals surface area contributed by atoms with Crippen molar-refractivity contribution in [3.05, 3.63) is 84.4 Å². The van der Waals surface area contributed by atoms with Gasteiger partial charge in [-0.25, -0.2) is 0 Å². The first-order valence-electron chi connectivity index (χ1n) is 10.2. The first kappa shape index (κ1) is 20.2. The van der Waals surface area contributed by atoms with Crippen LogP contribution in [0.4, 0.5) is 0 Å². The number of pyridine rings is 2. The highest BCUT2D eigenvalue weighted by Crippen LogP contribution is 2.26. The van der Waals surface area contributed by atoms with Crippen LogP contribution < -0.4 is 5.32 Å². The number of hydrogen-bond donors (Lipinski definition) is 1. The van der Waals surface area contributed by atoms with Crippen molar-refractivity contribution < 1.29 is 9.53 Å². The fourth-order valence-corrected chi connectivity index (χ4v) is 3.97. The van der Waals surface area contributed by atoms with Gasteiger partial charge in [0.1, 0.15) is 0 Å². The van der Waals surface area contributed by atoms with E-state index in [1.807, 2.05) is 30.5 Å². The van der Waals surface area contributed by atoms with Crippen molar-refractivity contribution >= 4 is 5.91 Å². The van der Waals surface area contributed by atoms with Crippen molar-refractivity contribution in [2.24, 2.45) is 0 Å². The van der Waals surface area contributed by atoms with Crippen LogP contribution in [0.1, 0.15) is 11.1 Å². The molecule has 0 radical (unpaired) electrons. The predicted molar refractivity (Wildman–Crippen MR) is 116 cm³/mol. The van der Waals surface area contributed by atoms with Gasteiger partial charge in [-0.05, 0) is 40.5 Å². The molecular formula is C24H26N4O2. The molecule has 6 nitrogen and oxygen atoms in total. The zero-order valence-electron chi connectivity index (χ0n) is 17.1. The standard InChI is InChI=1S/C24H26N4O2/c1-25-23(29)24(18-28(13-14-30-24)17-20-8-11-26-12-9-20)15-19-4-6-21(7-5-19)22-3-2-10-27-16-22/h2-12,16H,13-15,17-18H2,1H3,(H,25,29)/t24-/m1/s1. The van der Waals surface area contributed by atoms with Crippen LogP contribution in [-0.4, -0.2) is 53.1 Å². The molecule has 30 heavy (non-hydrogen) atoms. The van der Waals surface area contributed by atoms with E-state index in [0.717, 1.165) is 29.8 Å². The normalized spacial score (nSPS) is 19.4. The number of carbonyl (C=O) groups is 1. The molecule has 3 heterocycles. The molecule has 1 fully saturated rings. The number of hydrogen-bond acceptors (Lipinski definition) is 5. The van der Waals surface area contributed by atoms with Gasteiger partial charge in [0, 0.05) is 57.9 Å². The molecule has 1 aliphatic heterocycles. The maximum atomic E-state index is 12.9. The van der Waals surface area contributed by atoms with Gasteiger partial charge in [0.15, 0.2) is 5.60 Å². The molecule has 2 aromatic heterocycles. The Hall–Kier alpha value is -3.09. The number of rotatable bonds is 6. The highest BCUT2D eigenvalue weighted by molar-refractivity contribution is 5.86. The number of carbonyl (C=O) groups excluding carboxylic acids is 1. The molecule has 1 atom stereocenters. The average Bonchev–Trinajstić information content (AvgIpc) is 2.80. The first-order valence-corrected chi connectivity index (χ1v) is 10.2. The summed E-state index contributed by atoms with van der Waals surface area (Å²) in [5, 5.41) is 2.81. The molecule has 0 spiro atoms. The maximum Gasteiger partial charge on any atom is 0.253 e. The Kier molecular flexibility index (Phi) is 6.16. The second-order valence-electron chi connectivity index (χ2n) is 7.60. The second kappa shape index (κ2) is 9.15. The lowest BCUT2D eigenvalue weighted by Gasteiger charge is -2.41. The zero-order chi connectivity index (χ0) is 20.8. The van der Waals surface area contributed by atoms with E-state index in [1.54, 1.807) is 25.6 Å². The number of morpholine rings is 1. The number of likely N-dealkylation sites (N-methyl/N-ethyl adjacent to an activating group) is 1. The van der Waals surface area contributed by atoms with E-state index in [0.29, 0.717) is 19.6 Å². The number of nitrogens with one attached hydrogen (secondary N) is 1. The zero-order valence-corrected chi connectivity index (χ0v) is 17.1. The van der Waals surface area contributed by atoms with Gasteiger partial charge in [-0.3, -0.25) is 19.7 Å². The second-order valence-corrected chi connectivity index (χ2v) is 7.60. The molecule has 1 N–H and O–H groups in total. The van der Waals surface area contributed by atoms with Gasteiger partial charge in [-0.15, -0.1) is 0 Å². The van der Waals surface area contributed by atoms with Crippen molar-refractivity contribution in [2.45, 2.75) is 18.6 Å². The van der Waals surface area contributed by atoms with Gasteiger partial charge in [-0.1, -0.05) is 30.3 Å². The van der Waals surface area contributed by atoms with Crippen molar-refractivity contribution in [3.8, 4) is 11.1 Å². The van der Waals surface area contributed by atoms with Crippen LogP contribution in [-0.2, 0) is 22.5 Å². The van der Waals surface area contributed by atoms with E-state index in [1.165, 1.54) is 5.56 Å². The summed E-state index contributed by atoms with van der Waals surface area (Å²) in [6.07, 6.45) is 7.73. The van der Waals surface area contributed by atoms with E-state index in [-0.39, 0.29) is 5.91 Å². The Morgan fingerprint density at radius 3 is 2.53 bits per heavy atom. The van der Waals surface area contributed by atoms with Crippen LogP contribution in [0.15, 0.2) is 73.3 Å². The van der Waals surface area contributed by atoms with Crippen LogP contribution in [0.5, 0.6) is 0 Å². The Morgan fingerprint density at radius 2 is 1.83 bits per heavy atom. The minimum absolute atomic E-state index is 0.0849. The van der Waals surface area contributed by atoms with E-state index >= 15 is 0 Å². The van der Waals surface area contributed by atoms with Crippen molar-refractivity contribution in [1.29, 1.82) is 0 Å². The molecule has 0 aliphatic carbocycles. The summed E-state index contributed by atoms with van der Waals surface area (Å²) in [5.74, 6) is -0.0849. The molecule has 1 aromatic carbocycles. The number of benzene rings is 1. The molecule has 1 aliphatic rings. The van der Waals surface area contributed by atoms with E-state index < -0.39 is 5.60 Å². The summed E-state index contributed by atoms with van der Waals surface area (Å²) in [6, 6.07) is 16.3. The summed E-state index contributed by atoms with van der Waals surface area (Å²) < 4.78 is 6.13. The molecule has 4 rings (SSSR count). The molecule has 154 valence electrons. The SMILES string of the molecule is CNC(=O)[C@@]1(Cc2ccc(-c3cccnc3)cc2)CN(Cc2ccncc2)CCO1. The van der Waals surface area contributed by atoms with Crippen molar-refractivity contribution in [1.82, 2.24) is 20.2 Å². The smallest absolute Gasteiger partial charge is 0.253 e. The summed E-state index contributed by atoms with van der Waals surface area (Å²) >= 11 is 0. The summed E-state index contributed by atoms with van der Waals surface area (Å²) in [5.41, 5.74) is 3.51. The predicted octanol–water partition coefficient (Wildman–Crippen LogP) is 2.70. The minimum Gasteiger partial charge on any atom is -0.362 e. The topological polar surface area (TPSA) is 67.4 Å². The largest absolute Gasteiger partial charge is 0.362 e. The molecule has 3 aromatic rings. The number of ether oxygens (including phenoxy) is 1. The third kappa shape index (κ3) is 4.56. The van der Waals surface area contributed by atoms with Gasteiger partial charge in [-0.2, -0.15) is 0 Å². The molecular weight excluding hydrogens is 376 g/mol. The summed E-state index contributed by atoms with van der Waals surface area (Å²) in [7, 11) is 1.67. The average molecular weight is 402 g/mol. The minimum atomic E-state index is -0.907. The molecule has 1 saturated heterocycles. The highest BCUT2D eigenvalue weighted by atomic mass is 16.5.